The van der Waals surface area contributed by atoms with Crippen molar-refractivity contribution in [2.45, 2.75) is 30.2 Å². The van der Waals surface area contributed by atoms with Crippen LogP contribution in [0.3, 0.4) is 0 Å². The fraction of sp³-hybridized carbons (Fsp3) is 1.00. The highest BCUT2D eigenvalue weighted by Crippen LogP contribution is 2.54. The molecule has 23 heavy (non-hydrogen) atoms. The van der Waals surface area contributed by atoms with Crippen LogP contribution in [0.2, 0.25) is 0 Å². The molecular formula is C7H7F9NO5S-. The van der Waals surface area contributed by atoms with Crippen LogP contribution in [0.25, 0.3) is 0 Å². The zero-order valence-electron chi connectivity index (χ0n) is 10.4. The first kappa shape index (κ1) is 22.3. The minimum atomic E-state index is -7.32. The SMILES string of the molecule is O=S([O-])N(OCC(O)CO)C(F)(F)C(F)(F)C(F)(F)C(F)(F)F. The number of rotatable bonds is 8. The zero-order valence-corrected chi connectivity index (χ0v) is 11.2. The van der Waals surface area contributed by atoms with Gasteiger partial charge in [-0.1, -0.05) is 0 Å². The fourth-order valence-corrected chi connectivity index (χ4v) is 1.35. The molecule has 6 nitrogen and oxygen atoms in total. The first-order valence-electron chi connectivity index (χ1n) is 5.05. The van der Waals surface area contributed by atoms with E-state index >= 15 is 0 Å². The Balaban J connectivity index is 5.72. The quantitative estimate of drug-likeness (QED) is 0.278. The Kier molecular flexibility index (Phi) is 6.85. The molecule has 0 aliphatic carbocycles. The molecule has 0 aromatic carbocycles. The van der Waals surface area contributed by atoms with Crippen LogP contribution in [-0.2, 0) is 16.1 Å². The number of halogens is 9. The van der Waals surface area contributed by atoms with Gasteiger partial charge in [-0.15, -0.1) is 0 Å². The van der Waals surface area contributed by atoms with Crippen LogP contribution in [0, 0.1) is 0 Å². The minimum Gasteiger partial charge on any atom is -0.758 e. The van der Waals surface area contributed by atoms with Gasteiger partial charge in [0.1, 0.15) is 6.10 Å². The Morgan fingerprint density at radius 2 is 1.48 bits per heavy atom. The van der Waals surface area contributed by atoms with Crippen LogP contribution in [0.15, 0.2) is 0 Å². The molecule has 0 bridgehead atoms. The van der Waals surface area contributed by atoms with Crippen molar-refractivity contribution in [2.75, 3.05) is 13.2 Å². The van der Waals surface area contributed by atoms with Gasteiger partial charge in [0.25, 0.3) is 0 Å². The molecule has 2 atom stereocenters. The van der Waals surface area contributed by atoms with Gasteiger partial charge >= 0.3 is 24.1 Å². The lowest BCUT2D eigenvalue weighted by molar-refractivity contribution is -0.436. The molecule has 140 valence electrons. The number of aliphatic hydroxyl groups excluding tert-OH is 2. The predicted molar refractivity (Wildman–Crippen MR) is 50.7 cm³/mol. The van der Waals surface area contributed by atoms with Crippen molar-refractivity contribution in [1.82, 2.24) is 4.47 Å². The summed E-state index contributed by atoms with van der Waals surface area (Å²) in [6, 6.07) is -6.69. The summed E-state index contributed by atoms with van der Waals surface area (Å²) >= 11 is -4.56. The molecule has 2 N–H and O–H groups in total. The topological polar surface area (TPSA) is 93.1 Å². The van der Waals surface area contributed by atoms with Crippen LogP contribution >= 0.6 is 0 Å². The average molecular weight is 388 g/mol. The van der Waals surface area contributed by atoms with Crippen LogP contribution in [0.1, 0.15) is 0 Å². The lowest BCUT2D eigenvalue weighted by atomic mass is 10.1. The normalized spacial score (nSPS) is 17.4. The zero-order chi connectivity index (χ0) is 18.9. The monoisotopic (exact) mass is 388 g/mol. The molecule has 2 unspecified atom stereocenters. The molecule has 16 heteroatoms. The number of aliphatic hydroxyl groups is 2. The number of hydroxylamine groups is 1. The van der Waals surface area contributed by atoms with Gasteiger partial charge in [0.15, 0.2) is 0 Å². The second kappa shape index (κ2) is 7.06. The molecule has 0 aliphatic rings. The van der Waals surface area contributed by atoms with E-state index in [4.69, 9.17) is 10.2 Å². The molecule has 0 radical (unpaired) electrons. The Hall–Kier alpha value is -0.680. The molecular weight excluding hydrogens is 381 g/mol. The van der Waals surface area contributed by atoms with Crippen LogP contribution in [0.4, 0.5) is 39.5 Å². The highest BCUT2D eigenvalue weighted by atomic mass is 32.2. The number of hydrogen-bond donors (Lipinski definition) is 2. The largest absolute Gasteiger partial charge is 0.758 e. The lowest BCUT2D eigenvalue weighted by Gasteiger charge is -2.38. The van der Waals surface area contributed by atoms with Crippen LogP contribution < -0.4 is 0 Å². The fourth-order valence-electron chi connectivity index (χ4n) is 0.906. The Labute approximate surface area is 123 Å². The average Bonchev–Trinajstić information content (AvgIpc) is 2.35. The summed E-state index contributed by atoms with van der Waals surface area (Å²) in [7, 11) is 0. The Morgan fingerprint density at radius 1 is 1.04 bits per heavy atom. The lowest BCUT2D eigenvalue weighted by Crippen LogP contribution is -2.66. The van der Waals surface area contributed by atoms with Gasteiger partial charge in [0, 0.05) is 0 Å². The van der Waals surface area contributed by atoms with Gasteiger partial charge in [-0.25, -0.2) is 0 Å². The van der Waals surface area contributed by atoms with Crippen molar-refractivity contribution in [1.29, 1.82) is 0 Å². The maximum Gasteiger partial charge on any atom is 0.460 e. The second-order valence-corrected chi connectivity index (χ2v) is 4.56. The summed E-state index contributed by atoms with van der Waals surface area (Å²) in [4.78, 5) is 3.40. The minimum absolute atomic E-state index is 1.25. The maximum atomic E-state index is 13.2. The third-order valence-corrected chi connectivity index (χ3v) is 2.69. The van der Waals surface area contributed by atoms with E-state index in [1.165, 1.54) is 0 Å². The van der Waals surface area contributed by atoms with Crippen LogP contribution in [0.5, 0.6) is 0 Å². The number of alkyl halides is 9. The van der Waals surface area contributed by atoms with Crippen molar-refractivity contribution in [2.24, 2.45) is 0 Å². The number of nitrogens with zero attached hydrogens (tertiary/aromatic N) is 1. The van der Waals surface area contributed by atoms with E-state index in [0.29, 0.717) is 0 Å². The van der Waals surface area contributed by atoms with E-state index < -0.39 is 59.1 Å². The summed E-state index contributed by atoms with van der Waals surface area (Å²) in [5.74, 6) is -14.6. The first-order chi connectivity index (χ1) is 10.0. The first-order valence-corrected chi connectivity index (χ1v) is 6.08. The van der Waals surface area contributed by atoms with Gasteiger partial charge in [-0.05, 0) is 4.47 Å². The van der Waals surface area contributed by atoms with E-state index in [0.717, 1.165) is 0 Å². The highest BCUT2D eigenvalue weighted by molar-refractivity contribution is 7.76. The molecule has 0 aromatic rings. The van der Waals surface area contributed by atoms with Crippen LogP contribution in [-0.4, -0.2) is 66.8 Å². The Morgan fingerprint density at radius 3 is 1.78 bits per heavy atom. The van der Waals surface area contributed by atoms with Gasteiger partial charge in [-0.2, -0.15) is 39.5 Å². The summed E-state index contributed by atoms with van der Waals surface area (Å²) in [6.07, 6.45) is -9.26. The van der Waals surface area contributed by atoms with Gasteiger partial charge < -0.3 is 14.8 Å². The van der Waals surface area contributed by atoms with E-state index in [1.807, 2.05) is 0 Å². The van der Waals surface area contributed by atoms with E-state index in [9.17, 15) is 48.3 Å². The maximum absolute atomic E-state index is 13.2. The Bertz CT molecular complexity index is 431. The van der Waals surface area contributed by atoms with Gasteiger partial charge in [0.2, 0.25) is 0 Å². The summed E-state index contributed by atoms with van der Waals surface area (Å²) in [5.41, 5.74) is 0. The molecule has 0 fully saturated rings. The molecule has 0 spiro atoms. The smallest absolute Gasteiger partial charge is 0.460 e. The van der Waals surface area contributed by atoms with E-state index in [1.54, 1.807) is 0 Å². The number of hydrogen-bond acceptors (Lipinski definition) is 5. The van der Waals surface area contributed by atoms with Crippen molar-refractivity contribution in [3.8, 4) is 0 Å². The third-order valence-electron chi connectivity index (χ3n) is 2.09. The summed E-state index contributed by atoms with van der Waals surface area (Å²) < 4.78 is 132. The van der Waals surface area contributed by atoms with E-state index in [2.05, 4.69) is 4.84 Å². The van der Waals surface area contributed by atoms with Gasteiger partial charge in [0.05, 0.1) is 24.5 Å². The second-order valence-electron chi connectivity index (χ2n) is 3.79. The third kappa shape index (κ3) is 4.24. The molecule has 0 heterocycles. The van der Waals surface area contributed by atoms with Crippen molar-refractivity contribution >= 4 is 11.3 Å². The molecule has 0 saturated heterocycles. The standard InChI is InChI=1S/C7H8F9NO5S/c8-4(9,6(12,13)14)5(10,11)7(15,16)17(23(20)21)22-2-3(19)1-18/h3,18-19H,1-2H2,(H,20,21)/p-1. The van der Waals surface area contributed by atoms with Crippen molar-refractivity contribution < 1.29 is 63.3 Å². The molecule has 0 aliphatic heterocycles. The molecule has 0 saturated carbocycles. The van der Waals surface area contributed by atoms with Crippen molar-refractivity contribution in [3.05, 3.63) is 0 Å². The van der Waals surface area contributed by atoms with Crippen molar-refractivity contribution in [3.63, 3.8) is 0 Å². The predicted octanol–water partition coefficient (Wildman–Crippen LogP) is 0.793. The van der Waals surface area contributed by atoms with Gasteiger partial charge in [-0.3, -0.25) is 9.05 Å². The molecule has 0 rings (SSSR count). The van der Waals surface area contributed by atoms with E-state index in [-0.39, 0.29) is 0 Å². The molecule has 0 amide bonds. The summed E-state index contributed by atoms with van der Waals surface area (Å²) in [5, 5.41) is 17.0. The highest BCUT2D eigenvalue weighted by Gasteiger charge is 2.84. The molecule has 0 aromatic heterocycles. The summed E-state index contributed by atoms with van der Waals surface area (Å²) in [6.45, 7) is -2.88.